The number of aromatic amines is 1. The zero-order valence-corrected chi connectivity index (χ0v) is 17.0. The number of rotatable bonds is 6. The molecule has 0 fully saturated rings. The first-order chi connectivity index (χ1) is 14.5. The summed E-state index contributed by atoms with van der Waals surface area (Å²) in [4.78, 5) is 5.39. The van der Waals surface area contributed by atoms with E-state index in [4.69, 9.17) is 0 Å². The summed E-state index contributed by atoms with van der Waals surface area (Å²) in [7, 11) is 0. The Hall–Kier alpha value is -2.79. The highest BCUT2D eigenvalue weighted by atomic mass is 19.1. The largest absolute Gasteiger partial charge is 0.357 e. The van der Waals surface area contributed by atoms with E-state index in [0.717, 1.165) is 28.6 Å². The van der Waals surface area contributed by atoms with E-state index in [9.17, 15) is 4.39 Å². The highest BCUT2D eigenvalue weighted by Gasteiger charge is 2.35. The molecule has 0 bridgehead atoms. The van der Waals surface area contributed by atoms with Crippen LogP contribution in [0, 0.1) is 11.6 Å². The summed E-state index contributed by atoms with van der Waals surface area (Å²) in [6.07, 6.45) is 4.41. The second-order valence-electron chi connectivity index (χ2n) is 7.77. The topological polar surface area (TPSA) is 19.0 Å². The molecule has 2 heterocycles. The lowest BCUT2D eigenvalue weighted by molar-refractivity contribution is 0.218. The van der Waals surface area contributed by atoms with E-state index >= 15 is 8.78 Å². The van der Waals surface area contributed by atoms with Gasteiger partial charge >= 0.3 is 0 Å². The number of hydrogen-bond acceptors (Lipinski definition) is 1. The number of aromatic nitrogens is 1. The van der Waals surface area contributed by atoms with Gasteiger partial charge in [-0.2, -0.15) is 0 Å². The number of nitrogens with one attached hydrogen (secondary N) is 1. The maximum Gasteiger partial charge on any atom is 0.131 e. The lowest BCUT2D eigenvalue weighted by atomic mass is 9.90. The molecule has 156 valence electrons. The Morgan fingerprint density at radius 1 is 1.23 bits per heavy atom. The number of H-pyrrole nitrogens is 1. The van der Waals surface area contributed by atoms with Crippen LogP contribution in [-0.2, 0) is 6.42 Å². The quantitative estimate of drug-likeness (QED) is 0.470. The number of para-hydroxylation sites is 1. The molecule has 0 spiro atoms. The molecule has 30 heavy (non-hydrogen) atoms. The summed E-state index contributed by atoms with van der Waals surface area (Å²) in [6.45, 7) is 6.27. The zero-order chi connectivity index (χ0) is 21.3. The lowest BCUT2D eigenvalue weighted by Gasteiger charge is -2.37. The molecule has 5 heteroatoms. The van der Waals surface area contributed by atoms with Crippen LogP contribution in [0.15, 0.2) is 54.6 Å². The molecule has 0 saturated heterocycles. The van der Waals surface area contributed by atoms with E-state index in [2.05, 4.69) is 11.6 Å². The Morgan fingerprint density at radius 2 is 1.97 bits per heavy atom. The van der Waals surface area contributed by atoms with Crippen molar-refractivity contribution in [3.63, 3.8) is 0 Å². The van der Waals surface area contributed by atoms with Crippen molar-refractivity contribution in [1.29, 1.82) is 0 Å². The minimum absolute atomic E-state index is 0.0174. The predicted octanol–water partition coefficient (Wildman–Crippen LogP) is 6.34. The van der Waals surface area contributed by atoms with E-state index < -0.39 is 24.4 Å². The molecule has 1 unspecified atom stereocenters. The number of alkyl halides is 1. The van der Waals surface area contributed by atoms with Crippen LogP contribution >= 0.6 is 0 Å². The molecule has 0 amide bonds. The standard InChI is InChI=1S/C25H25F3N2/c1-3-6-17-13-20(27)23(21(28)14-17)25-24-19(18-7-4-5-8-22(18)29-24)10-12-30(25)15-16(2)9-11-26/h3-8,13-14,25,29H,2,9-12,15H2,1H3/b6-3+. The summed E-state index contributed by atoms with van der Waals surface area (Å²) in [5.41, 5.74) is 4.05. The Bertz CT molecular complexity index is 1090. The van der Waals surface area contributed by atoms with E-state index in [1.54, 1.807) is 19.1 Å². The summed E-state index contributed by atoms with van der Waals surface area (Å²) < 4.78 is 43.3. The molecular formula is C25H25F3N2. The Morgan fingerprint density at radius 3 is 2.67 bits per heavy atom. The maximum absolute atomic E-state index is 15.2. The smallest absolute Gasteiger partial charge is 0.131 e. The number of fused-ring (bicyclic) bond motifs is 3. The summed E-state index contributed by atoms with van der Waals surface area (Å²) >= 11 is 0. The predicted molar refractivity (Wildman–Crippen MR) is 116 cm³/mol. The number of benzene rings is 2. The van der Waals surface area contributed by atoms with Crippen molar-refractivity contribution in [2.75, 3.05) is 19.8 Å². The van der Waals surface area contributed by atoms with Gasteiger partial charge in [-0.25, -0.2) is 8.78 Å². The molecule has 2 aromatic carbocycles. The van der Waals surface area contributed by atoms with Gasteiger partial charge in [0.25, 0.3) is 0 Å². The third-order valence-electron chi connectivity index (χ3n) is 5.74. The fourth-order valence-corrected chi connectivity index (χ4v) is 4.44. The van der Waals surface area contributed by atoms with E-state index in [-0.39, 0.29) is 12.0 Å². The Labute approximate surface area is 174 Å². The van der Waals surface area contributed by atoms with Crippen LogP contribution in [0.3, 0.4) is 0 Å². The first kappa shape index (κ1) is 20.5. The van der Waals surface area contributed by atoms with Crippen molar-refractivity contribution in [2.24, 2.45) is 0 Å². The average Bonchev–Trinajstić information content (AvgIpc) is 3.08. The maximum atomic E-state index is 15.2. The van der Waals surface area contributed by atoms with Gasteiger partial charge in [-0.05, 0) is 49.1 Å². The normalized spacial score (nSPS) is 17.0. The van der Waals surface area contributed by atoms with Crippen molar-refractivity contribution in [2.45, 2.75) is 25.8 Å². The molecule has 1 atom stereocenters. The SMILES string of the molecule is C=C(CCF)CN1CCc2c([nH]c3ccccc23)C1c1c(F)cc(/C=C/C)cc1F. The molecule has 1 aliphatic heterocycles. The van der Waals surface area contributed by atoms with Crippen molar-refractivity contribution < 1.29 is 13.2 Å². The molecule has 3 aromatic rings. The van der Waals surface area contributed by atoms with Gasteiger partial charge in [0.05, 0.1) is 12.7 Å². The van der Waals surface area contributed by atoms with Gasteiger partial charge in [0, 0.05) is 35.2 Å². The summed E-state index contributed by atoms with van der Waals surface area (Å²) in [5, 5.41) is 1.08. The van der Waals surface area contributed by atoms with Gasteiger partial charge in [0.15, 0.2) is 0 Å². The van der Waals surface area contributed by atoms with Crippen LogP contribution in [0.4, 0.5) is 13.2 Å². The Kier molecular flexibility index (Phi) is 5.82. The van der Waals surface area contributed by atoms with Crippen molar-refractivity contribution in [1.82, 2.24) is 9.88 Å². The molecule has 1 N–H and O–H groups in total. The van der Waals surface area contributed by atoms with Gasteiger partial charge < -0.3 is 4.98 Å². The van der Waals surface area contributed by atoms with E-state index in [1.165, 1.54) is 12.1 Å². The second kappa shape index (κ2) is 8.52. The highest BCUT2D eigenvalue weighted by molar-refractivity contribution is 5.85. The first-order valence-corrected chi connectivity index (χ1v) is 10.2. The minimum Gasteiger partial charge on any atom is -0.357 e. The highest BCUT2D eigenvalue weighted by Crippen LogP contribution is 2.40. The number of allylic oxidation sites excluding steroid dienone is 1. The third-order valence-corrected chi connectivity index (χ3v) is 5.74. The van der Waals surface area contributed by atoms with Gasteiger partial charge in [-0.15, -0.1) is 0 Å². The lowest BCUT2D eigenvalue weighted by Crippen LogP contribution is -2.38. The Balaban J connectivity index is 1.87. The first-order valence-electron chi connectivity index (χ1n) is 10.2. The molecule has 4 rings (SSSR count). The molecular weight excluding hydrogens is 385 g/mol. The third kappa shape index (κ3) is 3.70. The molecule has 1 aromatic heterocycles. The van der Waals surface area contributed by atoms with Gasteiger partial charge in [0.2, 0.25) is 0 Å². The monoisotopic (exact) mass is 410 g/mol. The van der Waals surface area contributed by atoms with Crippen molar-refractivity contribution >= 4 is 17.0 Å². The van der Waals surface area contributed by atoms with Crippen LogP contribution in [0.25, 0.3) is 17.0 Å². The van der Waals surface area contributed by atoms with Gasteiger partial charge in [-0.3, -0.25) is 9.29 Å². The zero-order valence-electron chi connectivity index (χ0n) is 17.0. The average molecular weight is 410 g/mol. The second-order valence-corrected chi connectivity index (χ2v) is 7.77. The van der Waals surface area contributed by atoms with Crippen LogP contribution < -0.4 is 0 Å². The molecule has 0 saturated carbocycles. The van der Waals surface area contributed by atoms with Gasteiger partial charge in [0.1, 0.15) is 11.6 Å². The number of hydrogen-bond donors (Lipinski definition) is 1. The van der Waals surface area contributed by atoms with Crippen LogP contribution in [0.1, 0.15) is 41.8 Å². The molecule has 0 radical (unpaired) electrons. The van der Waals surface area contributed by atoms with Crippen molar-refractivity contribution in [3.8, 4) is 0 Å². The van der Waals surface area contributed by atoms with Gasteiger partial charge in [-0.1, -0.05) is 42.5 Å². The summed E-state index contributed by atoms with van der Waals surface area (Å²) in [6, 6.07) is 10.0. The van der Waals surface area contributed by atoms with Crippen LogP contribution in [-0.4, -0.2) is 29.6 Å². The number of halogens is 3. The van der Waals surface area contributed by atoms with E-state index in [1.807, 2.05) is 29.2 Å². The number of nitrogens with zero attached hydrogens (tertiary/aromatic N) is 1. The molecule has 2 nitrogen and oxygen atoms in total. The fourth-order valence-electron chi connectivity index (χ4n) is 4.44. The fraction of sp³-hybridized carbons (Fsp3) is 0.280. The van der Waals surface area contributed by atoms with E-state index in [0.29, 0.717) is 24.2 Å². The summed E-state index contributed by atoms with van der Waals surface area (Å²) in [5.74, 6) is -1.17. The molecule has 0 aliphatic carbocycles. The van der Waals surface area contributed by atoms with Crippen molar-refractivity contribution in [3.05, 3.63) is 88.6 Å². The molecule has 1 aliphatic rings. The van der Waals surface area contributed by atoms with Crippen LogP contribution in [0.2, 0.25) is 0 Å². The minimum atomic E-state index is -0.628. The van der Waals surface area contributed by atoms with Crippen LogP contribution in [0.5, 0.6) is 0 Å².